The number of fused-ring (bicyclic) bond motifs is 1. The Kier molecular flexibility index (Phi) is 6.49. The van der Waals surface area contributed by atoms with Crippen LogP contribution in [0.2, 0.25) is 5.02 Å². The Labute approximate surface area is 210 Å². The zero-order chi connectivity index (χ0) is 25.1. The lowest BCUT2D eigenvalue weighted by Gasteiger charge is -2.15. The van der Waals surface area contributed by atoms with Gasteiger partial charge < -0.3 is 19.5 Å². The number of nitriles is 1. The summed E-state index contributed by atoms with van der Waals surface area (Å²) in [6.45, 7) is 0.905. The van der Waals surface area contributed by atoms with E-state index in [1.165, 1.54) is 18.3 Å². The first-order valence-electron chi connectivity index (χ1n) is 10.9. The maximum absolute atomic E-state index is 11.8. The van der Waals surface area contributed by atoms with E-state index in [4.69, 9.17) is 25.8 Å². The topological polar surface area (TPSA) is 132 Å². The highest BCUT2D eigenvalue weighted by molar-refractivity contribution is 6.32. The molecule has 0 radical (unpaired) electrons. The lowest BCUT2D eigenvalue weighted by Crippen LogP contribution is -2.16. The molecule has 1 N–H and O–H groups in total. The van der Waals surface area contributed by atoms with Crippen LogP contribution in [0.25, 0.3) is 10.9 Å². The fourth-order valence-electron chi connectivity index (χ4n) is 3.78. The summed E-state index contributed by atoms with van der Waals surface area (Å²) < 4.78 is 16.9. The van der Waals surface area contributed by atoms with Crippen molar-refractivity contribution in [1.29, 1.82) is 5.26 Å². The fraction of sp³-hybridized carbons (Fsp3) is 0.160. The molecule has 1 aliphatic heterocycles. The Morgan fingerprint density at radius 2 is 2.08 bits per heavy atom. The van der Waals surface area contributed by atoms with E-state index >= 15 is 0 Å². The first-order valence-corrected chi connectivity index (χ1v) is 11.3. The molecule has 36 heavy (non-hydrogen) atoms. The van der Waals surface area contributed by atoms with Crippen molar-refractivity contribution in [1.82, 2.24) is 9.97 Å². The Bertz CT molecular complexity index is 1490. The van der Waals surface area contributed by atoms with E-state index in [-0.39, 0.29) is 23.1 Å². The Balaban J connectivity index is 1.51. The van der Waals surface area contributed by atoms with E-state index in [0.717, 1.165) is 0 Å². The van der Waals surface area contributed by atoms with Gasteiger partial charge in [0.2, 0.25) is 5.88 Å². The van der Waals surface area contributed by atoms with E-state index in [1.54, 1.807) is 42.6 Å². The molecule has 0 spiro atoms. The smallest absolute Gasteiger partial charge is 0.311 e. The van der Waals surface area contributed by atoms with E-state index < -0.39 is 4.92 Å². The number of anilines is 2. The van der Waals surface area contributed by atoms with Crippen LogP contribution in [0.15, 0.2) is 60.9 Å². The molecule has 3 heterocycles. The molecule has 1 atom stereocenters. The van der Waals surface area contributed by atoms with Crippen LogP contribution in [0.1, 0.15) is 12.0 Å². The maximum Gasteiger partial charge on any atom is 0.311 e. The summed E-state index contributed by atoms with van der Waals surface area (Å²) in [5, 5.41) is 25.4. The lowest BCUT2D eigenvalue weighted by molar-refractivity contribution is -0.385. The average Bonchev–Trinajstić information content (AvgIpc) is 3.39. The predicted molar refractivity (Wildman–Crippen MR) is 132 cm³/mol. The second-order valence-corrected chi connectivity index (χ2v) is 8.30. The molecule has 0 amide bonds. The van der Waals surface area contributed by atoms with Crippen molar-refractivity contribution in [3.05, 3.63) is 81.6 Å². The number of rotatable bonds is 7. The highest BCUT2D eigenvalue weighted by Crippen LogP contribution is 2.39. The highest BCUT2D eigenvalue weighted by Gasteiger charge is 2.25. The van der Waals surface area contributed by atoms with Crippen molar-refractivity contribution < 1.29 is 19.1 Å². The van der Waals surface area contributed by atoms with Gasteiger partial charge in [-0.2, -0.15) is 5.26 Å². The van der Waals surface area contributed by atoms with Gasteiger partial charge in [-0.3, -0.25) is 15.1 Å². The number of ether oxygens (including phenoxy) is 3. The molecule has 1 saturated heterocycles. The second kappa shape index (κ2) is 10.0. The van der Waals surface area contributed by atoms with Crippen molar-refractivity contribution in [2.45, 2.75) is 12.5 Å². The summed E-state index contributed by atoms with van der Waals surface area (Å²) >= 11 is 6.42. The highest BCUT2D eigenvalue weighted by atomic mass is 35.5. The summed E-state index contributed by atoms with van der Waals surface area (Å²) in [6, 6.07) is 15.2. The van der Waals surface area contributed by atoms with Gasteiger partial charge in [0.25, 0.3) is 0 Å². The first kappa shape index (κ1) is 23.3. The van der Waals surface area contributed by atoms with Gasteiger partial charge in [0.15, 0.2) is 5.75 Å². The van der Waals surface area contributed by atoms with Crippen molar-refractivity contribution in [3.8, 4) is 23.4 Å². The monoisotopic (exact) mass is 503 g/mol. The third-order valence-corrected chi connectivity index (χ3v) is 5.80. The molecular formula is C25H18ClN5O5. The minimum Gasteiger partial charge on any atom is -0.481 e. The van der Waals surface area contributed by atoms with E-state index in [1.807, 2.05) is 0 Å². The van der Waals surface area contributed by atoms with Gasteiger partial charge >= 0.3 is 5.69 Å². The predicted octanol–water partition coefficient (Wildman–Crippen LogP) is 5.77. The molecule has 1 fully saturated rings. The molecule has 1 aliphatic rings. The number of nitro groups is 1. The van der Waals surface area contributed by atoms with Gasteiger partial charge in [-0.25, -0.2) is 4.98 Å². The van der Waals surface area contributed by atoms with Crippen LogP contribution in [0.4, 0.5) is 17.1 Å². The van der Waals surface area contributed by atoms with Gasteiger partial charge in [-0.05, 0) is 24.3 Å². The van der Waals surface area contributed by atoms with Gasteiger partial charge in [-0.1, -0.05) is 17.7 Å². The van der Waals surface area contributed by atoms with E-state index in [9.17, 15) is 15.4 Å². The number of nitrogens with zero attached hydrogens (tertiary/aromatic N) is 4. The fourth-order valence-corrected chi connectivity index (χ4v) is 4.00. The molecule has 1 unspecified atom stereocenters. The Hall–Kier alpha value is -4.46. The molecular weight excluding hydrogens is 486 g/mol. The van der Waals surface area contributed by atoms with Crippen molar-refractivity contribution >= 4 is 39.6 Å². The Morgan fingerprint density at radius 3 is 2.78 bits per heavy atom. The molecule has 2 aromatic carbocycles. The summed E-state index contributed by atoms with van der Waals surface area (Å²) in [6.07, 6.45) is 3.38. The van der Waals surface area contributed by atoms with Crippen LogP contribution >= 0.6 is 11.6 Å². The van der Waals surface area contributed by atoms with Crippen LogP contribution in [0, 0.1) is 21.4 Å². The summed E-state index contributed by atoms with van der Waals surface area (Å²) in [4.78, 5) is 19.8. The number of benzene rings is 2. The average molecular weight is 504 g/mol. The standard InChI is InChI=1S/C25H18ClN5O5/c26-19-9-16(4-5-22(19)36-24-3-1-2-7-28-24)30-25-15(12-27)13-29-20-11-23(35-17-6-8-34-14-17)21(31(32)33)10-18(20)25/h1-5,7,9-11,13,17H,6,8,14H2,(H,29,30). The first-order chi connectivity index (χ1) is 17.5. The van der Waals surface area contributed by atoms with Gasteiger partial charge in [0.05, 0.1) is 39.9 Å². The van der Waals surface area contributed by atoms with Gasteiger partial charge in [-0.15, -0.1) is 0 Å². The largest absolute Gasteiger partial charge is 0.481 e. The zero-order valence-corrected chi connectivity index (χ0v) is 19.4. The normalized spacial score (nSPS) is 14.8. The van der Waals surface area contributed by atoms with Crippen LogP contribution in [-0.4, -0.2) is 34.2 Å². The summed E-state index contributed by atoms with van der Waals surface area (Å²) in [5.41, 5.74) is 1.31. The third kappa shape index (κ3) is 4.84. The van der Waals surface area contributed by atoms with Crippen LogP contribution in [0.5, 0.6) is 17.4 Å². The summed E-state index contributed by atoms with van der Waals surface area (Å²) in [7, 11) is 0. The van der Waals surface area contributed by atoms with E-state index in [2.05, 4.69) is 21.4 Å². The number of aromatic nitrogens is 2. The quantitative estimate of drug-likeness (QED) is 0.246. The molecule has 4 aromatic rings. The van der Waals surface area contributed by atoms with Crippen molar-refractivity contribution in [3.63, 3.8) is 0 Å². The van der Waals surface area contributed by atoms with Crippen molar-refractivity contribution in [2.24, 2.45) is 0 Å². The molecule has 0 aliphatic carbocycles. The molecule has 0 saturated carbocycles. The van der Waals surface area contributed by atoms with Crippen molar-refractivity contribution in [2.75, 3.05) is 18.5 Å². The zero-order valence-electron chi connectivity index (χ0n) is 18.7. The maximum atomic E-state index is 11.8. The molecule has 10 nitrogen and oxygen atoms in total. The van der Waals surface area contributed by atoms with Gasteiger partial charge in [0.1, 0.15) is 17.9 Å². The molecule has 5 rings (SSSR count). The van der Waals surface area contributed by atoms with Gasteiger partial charge in [0, 0.05) is 48.1 Å². The molecule has 11 heteroatoms. The minimum atomic E-state index is -0.520. The minimum absolute atomic E-state index is 0.102. The molecule has 0 bridgehead atoms. The number of pyridine rings is 2. The third-order valence-electron chi connectivity index (χ3n) is 5.50. The Morgan fingerprint density at radius 1 is 1.19 bits per heavy atom. The van der Waals surface area contributed by atoms with Crippen LogP contribution in [-0.2, 0) is 4.74 Å². The summed E-state index contributed by atoms with van der Waals surface area (Å²) in [5.74, 6) is 0.890. The van der Waals surface area contributed by atoms with Crippen LogP contribution in [0.3, 0.4) is 0 Å². The number of hydrogen-bond donors (Lipinski definition) is 1. The number of halogens is 1. The SMILES string of the molecule is N#Cc1cnc2cc(OC3CCOC3)c([N+](=O)[O-])cc2c1Nc1ccc(Oc2ccccn2)c(Cl)c1. The lowest BCUT2D eigenvalue weighted by atomic mass is 10.1. The molecule has 180 valence electrons. The van der Waals surface area contributed by atoms with Crippen LogP contribution < -0.4 is 14.8 Å². The number of hydrogen-bond acceptors (Lipinski definition) is 9. The molecule has 2 aromatic heterocycles. The van der Waals surface area contributed by atoms with E-state index in [0.29, 0.717) is 58.6 Å². The number of nitrogens with one attached hydrogen (secondary N) is 1. The number of nitro benzene ring substituents is 1. The second-order valence-electron chi connectivity index (χ2n) is 7.90.